The number of unbranched alkanes of at least 4 members (excludes halogenated alkanes) is 23. The van der Waals surface area contributed by atoms with E-state index in [9.17, 15) is 19.8 Å². The molecule has 0 bridgehead atoms. The Morgan fingerprint density at radius 1 is 0.476 bits per heavy atom. The van der Waals surface area contributed by atoms with Gasteiger partial charge < -0.3 is 20.3 Å². The number of hydrogen-bond donors (Lipinski definition) is 3. The molecule has 0 saturated carbocycles. The number of aliphatic hydroxyl groups is 2. The predicted octanol–water partition coefficient (Wildman–Crippen LogP) is 15.7. The van der Waals surface area contributed by atoms with Crippen molar-refractivity contribution in [1.29, 1.82) is 0 Å². The summed E-state index contributed by atoms with van der Waals surface area (Å²) in [5.41, 5.74) is 0. The summed E-state index contributed by atoms with van der Waals surface area (Å²) in [5.74, 6) is -0.557. The Bertz CT molecular complexity index is 1260. The number of rotatable bonds is 45. The highest BCUT2D eigenvalue weighted by atomic mass is 16.5. The van der Waals surface area contributed by atoms with E-state index >= 15 is 0 Å². The highest BCUT2D eigenvalue weighted by Crippen LogP contribution is 2.17. The Kier molecular flexibility index (Phi) is 47.2. The van der Waals surface area contributed by atoms with Gasteiger partial charge in [0.25, 0.3) is 0 Å². The molecule has 0 aliphatic heterocycles. The lowest BCUT2D eigenvalue weighted by molar-refractivity contribution is -0.151. The average molecular weight is 876 g/mol. The van der Waals surface area contributed by atoms with E-state index in [2.05, 4.69) is 68.6 Å². The van der Waals surface area contributed by atoms with E-state index in [1.54, 1.807) is 0 Å². The van der Waals surface area contributed by atoms with E-state index in [0.29, 0.717) is 19.3 Å². The number of carbonyl (C=O) groups excluding carboxylic acids is 2. The van der Waals surface area contributed by atoms with Gasteiger partial charge in [-0.1, -0.05) is 240 Å². The highest BCUT2D eigenvalue weighted by molar-refractivity contribution is 5.77. The van der Waals surface area contributed by atoms with Crippen molar-refractivity contribution < 1.29 is 24.5 Å². The van der Waals surface area contributed by atoms with Crippen molar-refractivity contribution in [3.8, 4) is 0 Å². The van der Waals surface area contributed by atoms with Crippen molar-refractivity contribution in [3.63, 3.8) is 0 Å². The summed E-state index contributed by atoms with van der Waals surface area (Å²) in [6.45, 7) is 6.30. The van der Waals surface area contributed by atoms with Crippen LogP contribution in [0.5, 0.6) is 0 Å². The molecule has 63 heavy (non-hydrogen) atoms. The van der Waals surface area contributed by atoms with Crippen molar-refractivity contribution in [2.45, 2.75) is 244 Å². The molecule has 0 spiro atoms. The maximum absolute atomic E-state index is 13.2. The third-order valence-corrected chi connectivity index (χ3v) is 11.3. The maximum atomic E-state index is 13.2. The second kappa shape index (κ2) is 49.8. The number of esters is 1. The molecule has 0 aromatic rings. The number of carbonyl (C=O) groups is 2. The number of hydrogen-bond acceptors (Lipinski definition) is 5. The molecule has 3 atom stereocenters. The lowest BCUT2D eigenvalue weighted by atomic mass is 10.0. The van der Waals surface area contributed by atoms with Gasteiger partial charge in [0.05, 0.1) is 25.2 Å². The van der Waals surface area contributed by atoms with Crippen molar-refractivity contribution in [3.05, 3.63) is 97.2 Å². The number of amides is 1. The molecule has 0 rings (SSSR count). The lowest BCUT2D eigenvalue weighted by Gasteiger charge is -2.24. The molecular weight excluding hydrogens is 779 g/mol. The number of aliphatic hydroxyl groups excluding tert-OH is 2. The lowest BCUT2D eigenvalue weighted by Crippen LogP contribution is -2.46. The number of nitrogens with one attached hydrogen (secondary N) is 1. The SMILES string of the molecule is CC\C=C/C=C/C=C/C=C\C=C\C=C\CCCCCC(=O)OC(CCCCC/C=C/C=C/CCCCCCCCC)CC(=O)NC(CO)C(O)CCCCCCCCCCCCC. The standard InChI is InChI=1S/C57H97NO5/c1-4-7-10-13-16-19-22-24-26-28-30-32-35-38-41-44-47-50-57(62)63-53(48-45-42-39-36-34-31-29-27-25-23-20-17-14-11-8-5-2)51-56(61)58-54(52-59)55(60)49-46-43-40-37-33-21-18-15-12-9-6-3/h7,10,13,16,19,22,24,26-32,34-35,53-55,59-60H,4-6,8-9,11-12,14-15,17-18,20-21,23,25,33,36-52H2,1-3H3,(H,58,61)/b10-7-,16-13+,22-19+,26-24-,29-27+,30-28+,34-31+,35-32+. The fraction of sp³-hybridized carbons (Fsp3) is 0.684. The second-order valence-corrected chi connectivity index (χ2v) is 17.4. The smallest absolute Gasteiger partial charge is 0.306 e. The topological polar surface area (TPSA) is 95.9 Å². The van der Waals surface area contributed by atoms with Crippen LogP contribution in [0.25, 0.3) is 0 Å². The average Bonchev–Trinajstić information content (AvgIpc) is 3.28. The van der Waals surface area contributed by atoms with E-state index < -0.39 is 18.2 Å². The molecule has 0 fully saturated rings. The van der Waals surface area contributed by atoms with Crippen LogP contribution in [-0.2, 0) is 14.3 Å². The first kappa shape index (κ1) is 59.8. The van der Waals surface area contributed by atoms with Crippen molar-refractivity contribution >= 4 is 11.9 Å². The minimum Gasteiger partial charge on any atom is -0.462 e. The summed E-state index contributed by atoms with van der Waals surface area (Å²) in [7, 11) is 0. The summed E-state index contributed by atoms with van der Waals surface area (Å²) < 4.78 is 5.91. The molecule has 0 radical (unpaired) electrons. The molecule has 0 saturated heterocycles. The molecule has 0 aromatic carbocycles. The van der Waals surface area contributed by atoms with Gasteiger partial charge in [-0.05, 0) is 70.6 Å². The van der Waals surface area contributed by atoms with Gasteiger partial charge in [0.1, 0.15) is 6.10 Å². The van der Waals surface area contributed by atoms with E-state index in [4.69, 9.17) is 4.74 Å². The number of allylic oxidation sites excluding steroid dienone is 16. The maximum Gasteiger partial charge on any atom is 0.306 e. The van der Waals surface area contributed by atoms with Gasteiger partial charge in [-0.25, -0.2) is 0 Å². The molecule has 0 aromatic heterocycles. The van der Waals surface area contributed by atoms with Gasteiger partial charge in [-0.2, -0.15) is 0 Å². The fourth-order valence-electron chi connectivity index (χ4n) is 7.39. The fourth-order valence-corrected chi connectivity index (χ4v) is 7.39. The summed E-state index contributed by atoms with van der Waals surface area (Å²) in [6.07, 6.45) is 66.0. The van der Waals surface area contributed by atoms with Crippen LogP contribution in [0.4, 0.5) is 0 Å². The van der Waals surface area contributed by atoms with Crippen LogP contribution in [0, 0.1) is 0 Å². The Hall–Kier alpha value is -3.22. The molecule has 6 nitrogen and oxygen atoms in total. The van der Waals surface area contributed by atoms with Gasteiger partial charge >= 0.3 is 5.97 Å². The Labute approximate surface area is 388 Å². The minimum absolute atomic E-state index is 0.0360. The molecular formula is C57H97NO5. The quantitative estimate of drug-likeness (QED) is 0.0322. The van der Waals surface area contributed by atoms with Crippen LogP contribution >= 0.6 is 0 Å². The second-order valence-electron chi connectivity index (χ2n) is 17.4. The zero-order chi connectivity index (χ0) is 45.9. The third kappa shape index (κ3) is 45.2. The van der Waals surface area contributed by atoms with Gasteiger partial charge in [-0.3, -0.25) is 9.59 Å². The molecule has 3 N–H and O–H groups in total. The summed E-state index contributed by atoms with van der Waals surface area (Å²) in [6, 6.07) is -0.725. The molecule has 1 amide bonds. The zero-order valence-electron chi connectivity index (χ0n) is 40.9. The normalized spacial score (nSPS) is 14.0. The first-order chi connectivity index (χ1) is 31.0. The minimum atomic E-state index is -0.808. The van der Waals surface area contributed by atoms with Crippen molar-refractivity contribution in [1.82, 2.24) is 5.32 Å². The van der Waals surface area contributed by atoms with Crippen LogP contribution in [-0.4, -0.2) is 46.9 Å². The van der Waals surface area contributed by atoms with Crippen LogP contribution in [0.3, 0.4) is 0 Å². The Morgan fingerprint density at radius 3 is 1.33 bits per heavy atom. The molecule has 360 valence electrons. The predicted molar refractivity (Wildman–Crippen MR) is 273 cm³/mol. The van der Waals surface area contributed by atoms with Crippen molar-refractivity contribution in [2.24, 2.45) is 0 Å². The van der Waals surface area contributed by atoms with Gasteiger partial charge in [0.2, 0.25) is 5.91 Å². The largest absolute Gasteiger partial charge is 0.462 e. The van der Waals surface area contributed by atoms with E-state index in [1.165, 1.54) is 96.3 Å². The van der Waals surface area contributed by atoms with Crippen LogP contribution in [0.1, 0.15) is 226 Å². The van der Waals surface area contributed by atoms with E-state index in [1.807, 2.05) is 54.7 Å². The zero-order valence-corrected chi connectivity index (χ0v) is 40.9. The molecule has 0 aliphatic rings. The molecule has 0 heterocycles. The van der Waals surface area contributed by atoms with Crippen LogP contribution in [0.15, 0.2) is 97.2 Å². The van der Waals surface area contributed by atoms with E-state index in [0.717, 1.165) is 83.5 Å². The summed E-state index contributed by atoms with van der Waals surface area (Å²) in [5, 5.41) is 23.7. The van der Waals surface area contributed by atoms with E-state index in [-0.39, 0.29) is 24.9 Å². The summed E-state index contributed by atoms with van der Waals surface area (Å²) >= 11 is 0. The first-order valence-corrected chi connectivity index (χ1v) is 26.1. The van der Waals surface area contributed by atoms with Crippen LogP contribution in [0.2, 0.25) is 0 Å². The monoisotopic (exact) mass is 876 g/mol. The molecule has 3 unspecified atom stereocenters. The molecule has 6 heteroatoms. The van der Waals surface area contributed by atoms with Gasteiger partial charge in [-0.15, -0.1) is 0 Å². The summed E-state index contributed by atoms with van der Waals surface area (Å²) in [4.78, 5) is 26.2. The highest BCUT2D eigenvalue weighted by Gasteiger charge is 2.24. The van der Waals surface area contributed by atoms with Gasteiger partial charge in [0, 0.05) is 6.42 Å². The third-order valence-electron chi connectivity index (χ3n) is 11.3. The Balaban J connectivity index is 4.76. The van der Waals surface area contributed by atoms with Crippen molar-refractivity contribution in [2.75, 3.05) is 6.61 Å². The Morgan fingerprint density at radius 2 is 0.857 bits per heavy atom. The first-order valence-electron chi connectivity index (χ1n) is 26.1. The van der Waals surface area contributed by atoms with Gasteiger partial charge in [0.15, 0.2) is 0 Å². The van der Waals surface area contributed by atoms with Crippen LogP contribution < -0.4 is 5.32 Å². The number of ether oxygens (including phenoxy) is 1. The molecule has 0 aliphatic carbocycles.